The van der Waals surface area contributed by atoms with Crippen LogP contribution in [0.15, 0.2) is 16.7 Å². The van der Waals surface area contributed by atoms with E-state index in [4.69, 9.17) is 13.9 Å². The van der Waals surface area contributed by atoms with Crippen molar-refractivity contribution in [2.75, 3.05) is 14.2 Å². The third kappa shape index (κ3) is 1.66. The number of phenols is 2. The summed E-state index contributed by atoms with van der Waals surface area (Å²) < 4.78 is 15.7. The molecule has 0 saturated carbocycles. The van der Waals surface area contributed by atoms with Crippen LogP contribution in [0.25, 0.3) is 0 Å². The van der Waals surface area contributed by atoms with Gasteiger partial charge in [-0.1, -0.05) is 0 Å². The third-order valence-electron chi connectivity index (χ3n) is 3.73. The minimum absolute atomic E-state index is 0.0634. The number of ether oxygens (including phenoxy) is 2. The summed E-state index contributed by atoms with van der Waals surface area (Å²) in [7, 11) is 2.78. The zero-order chi connectivity index (χ0) is 15.3. The maximum Gasteiger partial charge on any atom is 0.203 e. The fourth-order valence-electron chi connectivity index (χ4n) is 2.81. The molecule has 0 amide bonds. The Labute approximate surface area is 120 Å². The van der Waals surface area contributed by atoms with E-state index in [1.54, 1.807) is 6.92 Å². The number of carbonyl (C=O) groups is 1. The van der Waals surface area contributed by atoms with Gasteiger partial charge in [-0.3, -0.25) is 4.79 Å². The van der Waals surface area contributed by atoms with Gasteiger partial charge in [0.1, 0.15) is 11.9 Å². The van der Waals surface area contributed by atoms with Gasteiger partial charge in [0, 0.05) is 18.2 Å². The van der Waals surface area contributed by atoms with Gasteiger partial charge in [-0.25, -0.2) is 0 Å². The molecule has 6 heteroatoms. The highest BCUT2D eigenvalue weighted by molar-refractivity contribution is 6.15. The van der Waals surface area contributed by atoms with Crippen LogP contribution in [0.4, 0.5) is 0 Å². The molecule has 1 atom stereocenters. The fraction of sp³-hybridized carbons (Fsp3) is 0.267. The fourth-order valence-corrected chi connectivity index (χ4v) is 2.81. The summed E-state index contributed by atoms with van der Waals surface area (Å²) >= 11 is 0. The Morgan fingerprint density at radius 1 is 1.19 bits per heavy atom. The lowest BCUT2D eigenvalue weighted by molar-refractivity contribution is 0.0981. The Morgan fingerprint density at radius 3 is 2.52 bits per heavy atom. The van der Waals surface area contributed by atoms with Gasteiger partial charge in [0.05, 0.1) is 24.5 Å². The highest BCUT2D eigenvalue weighted by Crippen LogP contribution is 2.48. The minimum Gasteiger partial charge on any atom is -0.504 e. The number of benzene rings is 1. The van der Waals surface area contributed by atoms with E-state index >= 15 is 0 Å². The average Bonchev–Trinajstić information content (AvgIpc) is 2.81. The van der Waals surface area contributed by atoms with E-state index in [2.05, 4.69) is 0 Å². The van der Waals surface area contributed by atoms with Gasteiger partial charge in [0.25, 0.3) is 0 Å². The van der Waals surface area contributed by atoms with Gasteiger partial charge in [0.2, 0.25) is 11.5 Å². The molecule has 1 aliphatic carbocycles. The second-order valence-electron chi connectivity index (χ2n) is 4.81. The number of ketones is 1. The number of hydrogen-bond donors (Lipinski definition) is 2. The molecular weight excluding hydrogens is 276 g/mol. The molecule has 1 heterocycles. The molecule has 110 valence electrons. The predicted molar refractivity (Wildman–Crippen MR) is 72.1 cm³/mol. The van der Waals surface area contributed by atoms with Gasteiger partial charge in [-0.15, -0.1) is 0 Å². The Hall–Kier alpha value is -2.47. The van der Waals surface area contributed by atoms with E-state index in [0.29, 0.717) is 22.5 Å². The molecule has 1 aromatic heterocycles. The Kier molecular flexibility index (Phi) is 2.91. The first-order valence-corrected chi connectivity index (χ1v) is 6.29. The van der Waals surface area contributed by atoms with Crippen LogP contribution >= 0.6 is 0 Å². The maximum absolute atomic E-state index is 12.6. The van der Waals surface area contributed by atoms with Crippen LogP contribution in [0.1, 0.15) is 38.9 Å². The van der Waals surface area contributed by atoms with Crippen molar-refractivity contribution in [3.05, 3.63) is 40.3 Å². The summed E-state index contributed by atoms with van der Waals surface area (Å²) in [6.07, 6.45) is 0.853. The van der Waals surface area contributed by atoms with Crippen molar-refractivity contribution < 1.29 is 28.9 Å². The Balaban J connectivity index is 2.36. The summed E-state index contributed by atoms with van der Waals surface area (Å²) in [6.45, 7) is 1.67. The van der Waals surface area contributed by atoms with E-state index in [1.165, 1.54) is 26.5 Å². The molecule has 0 saturated heterocycles. The summed E-state index contributed by atoms with van der Waals surface area (Å²) in [6, 6.07) is 1.37. The first-order valence-electron chi connectivity index (χ1n) is 6.29. The van der Waals surface area contributed by atoms with Gasteiger partial charge in [-0.2, -0.15) is 0 Å². The van der Waals surface area contributed by atoms with Crippen molar-refractivity contribution in [1.29, 1.82) is 0 Å². The van der Waals surface area contributed by atoms with Crippen LogP contribution in [-0.4, -0.2) is 30.2 Å². The number of rotatable bonds is 2. The third-order valence-corrected chi connectivity index (χ3v) is 3.73. The Bertz CT molecular complexity index is 743. The highest BCUT2D eigenvalue weighted by atomic mass is 16.5. The van der Waals surface area contributed by atoms with Crippen LogP contribution in [0.3, 0.4) is 0 Å². The van der Waals surface area contributed by atoms with E-state index in [0.717, 1.165) is 0 Å². The molecule has 1 aromatic carbocycles. The standard InChI is InChI=1S/C15H14O6/c1-6-10-8(5-21-6)14(19-2)7-4-9(16)15(20-3)13(18)11(7)12(10)17/h4-5,14,16,18H,1-3H3/t14-/m0/s1. The monoisotopic (exact) mass is 290 g/mol. The van der Waals surface area contributed by atoms with Crippen LogP contribution in [0, 0.1) is 6.92 Å². The second kappa shape index (κ2) is 4.53. The molecule has 0 radical (unpaired) electrons. The normalized spacial score (nSPS) is 16.5. The molecule has 2 aromatic rings. The number of carbonyl (C=O) groups excluding carboxylic acids is 1. The number of fused-ring (bicyclic) bond motifs is 2. The molecular formula is C15H14O6. The second-order valence-corrected chi connectivity index (χ2v) is 4.81. The van der Waals surface area contributed by atoms with Crippen LogP contribution in [-0.2, 0) is 4.74 Å². The van der Waals surface area contributed by atoms with E-state index in [1.807, 2.05) is 0 Å². The summed E-state index contributed by atoms with van der Waals surface area (Å²) in [5.74, 6) is -0.718. The molecule has 0 fully saturated rings. The van der Waals surface area contributed by atoms with Gasteiger partial charge < -0.3 is 24.1 Å². The SMILES string of the molecule is COc1c(O)cc2c(c1O)C(=O)c1c(coc1C)[C@H]2OC. The van der Waals surface area contributed by atoms with E-state index in [9.17, 15) is 15.0 Å². The highest BCUT2D eigenvalue weighted by Gasteiger charge is 2.38. The van der Waals surface area contributed by atoms with Crippen LogP contribution < -0.4 is 4.74 Å². The first-order chi connectivity index (χ1) is 10.0. The number of aromatic hydroxyl groups is 2. The summed E-state index contributed by atoms with van der Waals surface area (Å²) in [4.78, 5) is 12.6. The van der Waals surface area contributed by atoms with E-state index in [-0.39, 0.29) is 22.8 Å². The van der Waals surface area contributed by atoms with Crippen LogP contribution in [0.2, 0.25) is 0 Å². The summed E-state index contributed by atoms with van der Waals surface area (Å²) in [5, 5.41) is 20.2. The number of hydrogen-bond acceptors (Lipinski definition) is 6. The van der Waals surface area contributed by atoms with Gasteiger partial charge >= 0.3 is 0 Å². The zero-order valence-electron chi connectivity index (χ0n) is 11.8. The first kappa shape index (κ1) is 13.5. The predicted octanol–water partition coefficient (Wildman–Crippen LogP) is 2.29. The largest absolute Gasteiger partial charge is 0.504 e. The lowest BCUT2D eigenvalue weighted by Crippen LogP contribution is -2.20. The van der Waals surface area contributed by atoms with Crippen molar-refractivity contribution in [1.82, 2.24) is 0 Å². The molecule has 0 unspecified atom stereocenters. The van der Waals surface area contributed by atoms with Crippen molar-refractivity contribution in [3.8, 4) is 17.2 Å². The number of furan rings is 1. The van der Waals surface area contributed by atoms with Crippen molar-refractivity contribution in [3.63, 3.8) is 0 Å². The van der Waals surface area contributed by atoms with Crippen molar-refractivity contribution in [2.45, 2.75) is 13.0 Å². The number of methoxy groups -OCH3 is 2. The molecule has 2 N–H and O–H groups in total. The number of phenolic OH excluding ortho intramolecular Hbond substituents is 2. The van der Waals surface area contributed by atoms with Gasteiger partial charge in [-0.05, 0) is 13.0 Å². The summed E-state index contributed by atoms with van der Waals surface area (Å²) in [5.41, 5.74) is 1.40. The van der Waals surface area contributed by atoms with Crippen molar-refractivity contribution in [2.24, 2.45) is 0 Å². The van der Waals surface area contributed by atoms with Gasteiger partial charge in [0.15, 0.2) is 11.5 Å². The van der Waals surface area contributed by atoms with E-state index < -0.39 is 11.9 Å². The Morgan fingerprint density at radius 2 is 1.90 bits per heavy atom. The lowest BCUT2D eigenvalue weighted by atomic mass is 9.83. The average molecular weight is 290 g/mol. The van der Waals surface area contributed by atoms with Crippen molar-refractivity contribution >= 4 is 5.78 Å². The topological polar surface area (TPSA) is 89.1 Å². The molecule has 0 spiro atoms. The number of aryl methyl sites for hydroxylation is 1. The molecule has 3 rings (SSSR count). The molecule has 21 heavy (non-hydrogen) atoms. The molecule has 0 bridgehead atoms. The minimum atomic E-state index is -0.604. The quantitative estimate of drug-likeness (QED) is 0.882. The molecule has 1 aliphatic rings. The molecule has 0 aliphatic heterocycles. The molecule has 6 nitrogen and oxygen atoms in total. The smallest absolute Gasteiger partial charge is 0.203 e. The lowest BCUT2D eigenvalue weighted by Gasteiger charge is -2.25. The zero-order valence-corrected chi connectivity index (χ0v) is 11.8. The van der Waals surface area contributed by atoms with Crippen LogP contribution in [0.5, 0.6) is 17.2 Å². The maximum atomic E-state index is 12.6.